The van der Waals surface area contributed by atoms with E-state index in [1.54, 1.807) is 12.0 Å². The van der Waals surface area contributed by atoms with Gasteiger partial charge in [0.1, 0.15) is 11.5 Å². The first-order valence-electron chi connectivity index (χ1n) is 10.7. The fourth-order valence-corrected chi connectivity index (χ4v) is 5.14. The van der Waals surface area contributed by atoms with E-state index >= 15 is 0 Å². The summed E-state index contributed by atoms with van der Waals surface area (Å²) in [5.41, 5.74) is 3.07. The van der Waals surface area contributed by atoms with E-state index in [2.05, 4.69) is 55.3 Å². The maximum atomic E-state index is 6.72. The number of hydrogen-bond donors (Lipinski definition) is 1. The van der Waals surface area contributed by atoms with Gasteiger partial charge in [-0.25, -0.2) is 5.01 Å². The maximum absolute atomic E-state index is 6.72. The molecule has 1 atom stereocenters. The zero-order valence-corrected chi connectivity index (χ0v) is 17.5. The highest BCUT2D eigenvalue weighted by Gasteiger charge is 2.53. The second-order valence-electron chi connectivity index (χ2n) is 8.71. The van der Waals surface area contributed by atoms with Crippen molar-refractivity contribution in [2.24, 2.45) is 5.10 Å². The highest BCUT2D eigenvalue weighted by Crippen LogP contribution is 2.49. The Morgan fingerprint density at radius 1 is 1.10 bits per heavy atom. The van der Waals surface area contributed by atoms with Crippen molar-refractivity contribution in [2.45, 2.75) is 50.9 Å². The summed E-state index contributed by atoms with van der Waals surface area (Å²) in [4.78, 5) is 1.66. The number of methoxy groups -OCH3 is 1. The molecule has 5 rings (SSSR count). The minimum Gasteiger partial charge on any atom is -0.496 e. The molecule has 5 heteroatoms. The van der Waals surface area contributed by atoms with Crippen molar-refractivity contribution in [1.29, 1.82) is 0 Å². The first kappa shape index (κ1) is 18.5. The molecule has 0 amide bonds. The number of para-hydroxylation sites is 2. The molecule has 3 aliphatic rings. The molecule has 3 heterocycles. The molecule has 1 fully saturated rings. The van der Waals surface area contributed by atoms with Crippen molar-refractivity contribution >= 4 is 5.71 Å². The molecule has 1 saturated heterocycles. The lowest BCUT2D eigenvalue weighted by Crippen LogP contribution is -3.16. The van der Waals surface area contributed by atoms with E-state index in [1.165, 1.54) is 5.56 Å². The average molecular weight is 393 g/mol. The van der Waals surface area contributed by atoms with Crippen molar-refractivity contribution in [1.82, 2.24) is 5.01 Å². The molecule has 0 aromatic heterocycles. The summed E-state index contributed by atoms with van der Waals surface area (Å²) < 4.78 is 12.3. The van der Waals surface area contributed by atoms with E-state index < -0.39 is 0 Å². The zero-order chi connectivity index (χ0) is 20.0. The Hall–Kier alpha value is -2.53. The van der Waals surface area contributed by atoms with Crippen LogP contribution < -0.4 is 14.4 Å². The Morgan fingerprint density at radius 2 is 1.83 bits per heavy atom. The second-order valence-corrected chi connectivity index (χ2v) is 8.71. The summed E-state index contributed by atoms with van der Waals surface area (Å²) in [7, 11) is 1.73. The van der Waals surface area contributed by atoms with Gasteiger partial charge in [-0.05, 0) is 32.0 Å². The van der Waals surface area contributed by atoms with Gasteiger partial charge in [0, 0.05) is 17.5 Å². The van der Waals surface area contributed by atoms with Crippen molar-refractivity contribution < 1.29 is 14.4 Å². The van der Waals surface area contributed by atoms with Gasteiger partial charge in [0.25, 0.3) is 0 Å². The van der Waals surface area contributed by atoms with Crippen molar-refractivity contribution in [3.8, 4) is 11.5 Å². The highest BCUT2D eigenvalue weighted by atomic mass is 16.5. The summed E-state index contributed by atoms with van der Waals surface area (Å²) in [6.45, 7) is 6.84. The van der Waals surface area contributed by atoms with Gasteiger partial charge < -0.3 is 14.4 Å². The van der Waals surface area contributed by atoms with E-state index in [0.29, 0.717) is 6.04 Å². The van der Waals surface area contributed by atoms with Gasteiger partial charge in [-0.2, -0.15) is 5.10 Å². The van der Waals surface area contributed by atoms with Gasteiger partial charge in [-0.15, -0.1) is 0 Å². The second kappa shape index (κ2) is 7.06. The van der Waals surface area contributed by atoms with Crippen LogP contribution in [0.3, 0.4) is 0 Å². The Kier molecular flexibility index (Phi) is 4.50. The third-order valence-corrected chi connectivity index (χ3v) is 6.81. The number of quaternary nitrogens is 1. The number of benzene rings is 2. The fraction of sp³-hybridized carbons (Fsp3) is 0.458. The van der Waals surface area contributed by atoms with Crippen LogP contribution in [0.15, 0.2) is 53.6 Å². The molecule has 152 valence electrons. The van der Waals surface area contributed by atoms with E-state index in [0.717, 1.165) is 55.1 Å². The number of nitrogens with one attached hydrogen (secondary N) is 1. The molecule has 1 N–H and O–H groups in total. The predicted molar refractivity (Wildman–Crippen MR) is 114 cm³/mol. The lowest BCUT2D eigenvalue weighted by atomic mass is 9.90. The lowest BCUT2D eigenvalue weighted by Gasteiger charge is -2.50. The van der Waals surface area contributed by atoms with Crippen molar-refractivity contribution in [3.05, 3.63) is 59.7 Å². The first-order chi connectivity index (χ1) is 14.1. The molecule has 0 aliphatic carbocycles. The van der Waals surface area contributed by atoms with E-state index in [4.69, 9.17) is 14.6 Å². The van der Waals surface area contributed by atoms with Gasteiger partial charge in [-0.3, -0.25) is 0 Å². The smallest absolute Gasteiger partial charge is 0.208 e. The number of hydrogen-bond acceptors (Lipinski definition) is 4. The molecular weight excluding hydrogens is 362 g/mol. The van der Waals surface area contributed by atoms with Crippen LogP contribution >= 0.6 is 0 Å². The largest absolute Gasteiger partial charge is 0.496 e. The van der Waals surface area contributed by atoms with Gasteiger partial charge in [-0.1, -0.05) is 30.3 Å². The summed E-state index contributed by atoms with van der Waals surface area (Å²) in [6, 6.07) is 17.6. The SMILES string of the molecule is COc1ccccc1C1=NN2[C@H](C1)c1ccccc1OC21CC[NH+](C(C)C)CC1. The standard InChI is InChI=1S/C24H29N3O2/c1-17(2)26-14-12-24(13-15-26)27-21(19-9-5-7-11-23(19)29-24)16-20(25-27)18-8-4-6-10-22(18)28-3/h4-11,17,21H,12-16H2,1-3H3/p+1/t21-/m1/s1. The van der Waals surface area contributed by atoms with Crippen LogP contribution in [0.5, 0.6) is 11.5 Å². The zero-order valence-electron chi connectivity index (χ0n) is 17.5. The molecule has 0 bridgehead atoms. The molecule has 2 aromatic carbocycles. The van der Waals surface area contributed by atoms with Crippen LogP contribution in [-0.4, -0.2) is 42.7 Å². The normalized spacial score (nSPS) is 28.0. The van der Waals surface area contributed by atoms with Crippen molar-refractivity contribution in [2.75, 3.05) is 20.2 Å². The van der Waals surface area contributed by atoms with Crippen LogP contribution in [-0.2, 0) is 0 Å². The number of ether oxygens (including phenoxy) is 2. The highest BCUT2D eigenvalue weighted by molar-refractivity contribution is 6.04. The monoisotopic (exact) mass is 392 g/mol. The van der Waals surface area contributed by atoms with Gasteiger partial charge >= 0.3 is 0 Å². The van der Waals surface area contributed by atoms with E-state index in [9.17, 15) is 0 Å². The summed E-state index contributed by atoms with van der Waals surface area (Å²) in [6.07, 6.45) is 2.87. The van der Waals surface area contributed by atoms with Gasteiger partial charge in [0.2, 0.25) is 5.72 Å². The minimum absolute atomic E-state index is 0.223. The lowest BCUT2D eigenvalue weighted by molar-refractivity contribution is -0.929. The number of fused-ring (bicyclic) bond motifs is 4. The molecule has 2 aromatic rings. The Balaban J connectivity index is 1.55. The molecule has 3 aliphatic heterocycles. The van der Waals surface area contributed by atoms with Crippen LogP contribution in [0.2, 0.25) is 0 Å². The molecular formula is C24H30N3O2+. The van der Waals surface area contributed by atoms with Gasteiger partial charge in [0.15, 0.2) is 0 Å². The quantitative estimate of drug-likeness (QED) is 0.873. The number of hydrazone groups is 1. The minimum atomic E-state index is -0.346. The Morgan fingerprint density at radius 3 is 2.59 bits per heavy atom. The average Bonchev–Trinajstić information content (AvgIpc) is 3.21. The predicted octanol–water partition coefficient (Wildman–Crippen LogP) is 3.02. The van der Waals surface area contributed by atoms with E-state index in [-0.39, 0.29) is 11.8 Å². The number of rotatable bonds is 3. The Bertz CT molecular complexity index is 931. The van der Waals surface area contributed by atoms with Gasteiger partial charge in [0.05, 0.1) is 50.8 Å². The Labute approximate surface area is 172 Å². The number of nitrogens with zero attached hydrogens (tertiary/aromatic N) is 2. The molecule has 1 spiro atoms. The molecule has 0 radical (unpaired) electrons. The molecule has 5 nitrogen and oxygen atoms in total. The van der Waals surface area contributed by atoms with Crippen LogP contribution in [0.4, 0.5) is 0 Å². The summed E-state index contributed by atoms with van der Waals surface area (Å²) in [5, 5.41) is 7.46. The first-order valence-corrected chi connectivity index (χ1v) is 10.7. The van der Waals surface area contributed by atoms with Crippen LogP contribution in [0.1, 0.15) is 50.3 Å². The molecule has 0 saturated carbocycles. The fourth-order valence-electron chi connectivity index (χ4n) is 5.14. The summed E-state index contributed by atoms with van der Waals surface area (Å²) in [5.74, 6) is 1.91. The number of likely N-dealkylation sites (tertiary alicyclic amines) is 1. The maximum Gasteiger partial charge on any atom is 0.208 e. The van der Waals surface area contributed by atoms with E-state index in [1.807, 2.05) is 12.1 Å². The molecule has 0 unspecified atom stereocenters. The number of piperidine rings is 1. The molecule has 29 heavy (non-hydrogen) atoms. The van der Waals surface area contributed by atoms with Crippen LogP contribution in [0, 0.1) is 0 Å². The third-order valence-electron chi connectivity index (χ3n) is 6.81. The van der Waals surface area contributed by atoms with Crippen molar-refractivity contribution in [3.63, 3.8) is 0 Å². The topological polar surface area (TPSA) is 38.5 Å². The third kappa shape index (κ3) is 2.99. The van der Waals surface area contributed by atoms with Crippen LogP contribution in [0.25, 0.3) is 0 Å². The summed E-state index contributed by atoms with van der Waals surface area (Å²) >= 11 is 0.